The number of aromatic nitrogens is 2. The molecule has 94 valence electrons. The lowest BCUT2D eigenvalue weighted by atomic mass is 10.1. The number of nitrogens with zero attached hydrogens (tertiary/aromatic N) is 1. The predicted octanol–water partition coefficient (Wildman–Crippen LogP) is 2.68. The van der Waals surface area contributed by atoms with Crippen LogP contribution < -0.4 is 0 Å². The Balaban J connectivity index is 2.33. The fraction of sp³-hybridized carbons (Fsp3) is 0.167. The summed E-state index contributed by atoms with van der Waals surface area (Å²) in [6.45, 7) is 0.516. The average Bonchev–Trinajstić information content (AvgIpc) is 2.81. The fourth-order valence-electron chi connectivity index (χ4n) is 1.56. The molecule has 0 radical (unpaired) electrons. The second-order valence-corrected chi connectivity index (χ2v) is 4.57. The molecular weight excluding hydrogens is 300 g/mol. The Labute approximate surface area is 112 Å². The molecule has 0 bridgehead atoms. The molecule has 0 saturated carbocycles. The normalized spacial score (nSPS) is 10.6. The molecule has 2 rings (SSSR count). The molecule has 0 amide bonds. The molecule has 1 aromatic heterocycles. The summed E-state index contributed by atoms with van der Waals surface area (Å²) < 4.78 is 5.96. The van der Waals surface area contributed by atoms with Gasteiger partial charge in [-0.3, -0.25) is 5.10 Å². The summed E-state index contributed by atoms with van der Waals surface area (Å²) in [5, 5.41) is 15.3. The van der Waals surface area contributed by atoms with E-state index in [1.54, 1.807) is 7.11 Å². The van der Waals surface area contributed by atoms with E-state index in [1.807, 2.05) is 18.2 Å². The lowest BCUT2D eigenvalue weighted by Crippen LogP contribution is -1.95. The van der Waals surface area contributed by atoms with Crippen LogP contribution in [0.1, 0.15) is 16.1 Å². The molecule has 2 aromatic rings. The molecule has 18 heavy (non-hydrogen) atoms. The van der Waals surface area contributed by atoms with Crippen LogP contribution in [0, 0.1) is 0 Å². The van der Waals surface area contributed by atoms with Gasteiger partial charge in [-0.1, -0.05) is 28.1 Å². The van der Waals surface area contributed by atoms with Crippen LogP contribution in [0.3, 0.4) is 0 Å². The van der Waals surface area contributed by atoms with Crippen molar-refractivity contribution in [3.05, 3.63) is 40.0 Å². The van der Waals surface area contributed by atoms with Gasteiger partial charge in [0.05, 0.1) is 12.3 Å². The highest BCUT2D eigenvalue weighted by Crippen LogP contribution is 2.25. The molecule has 0 unspecified atom stereocenters. The predicted molar refractivity (Wildman–Crippen MR) is 69.4 cm³/mol. The zero-order valence-electron chi connectivity index (χ0n) is 9.61. The van der Waals surface area contributed by atoms with E-state index in [-0.39, 0.29) is 5.69 Å². The maximum atomic E-state index is 10.8. The van der Waals surface area contributed by atoms with Crippen molar-refractivity contribution in [2.45, 2.75) is 6.61 Å². The van der Waals surface area contributed by atoms with Gasteiger partial charge in [0.2, 0.25) is 0 Å². The van der Waals surface area contributed by atoms with E-state index in [4.69, 9.17) is 9.84 Å². The highest BCUT2D eigenvalue weighted by Gasteiger charge is 2.10. The summed E-state index contributed by atoms with van der Waals surface area (Å²) in [5.74, 6) is -1.02. The number of hydrogen-bond acceptors (Lipinski definition) is 3. The van der Waals surface area contributed by atoms with Gasteiger partial charge in [0.15, 0.2) is 0 Å². The van der Waals surface area contributed by atoms with Crippen LogP contribution in [0.15, 0.2) is 28.7 Å². The van der Waals surface area contributed by atoms with Crippen LogP contribution in [0.5, 0.6) is 0 Å². The number of H-pyrrole nitrogens is 1. The number of aromatic amines is 1. The molecule has 6 heteroatoms. The van der Waals surface area contributed by atoms with Gasteiger partial charge in [-0.2, -0.15) is 5.10 Å². The van der Waals surface area contributed by atoms with Gasteiger partial charge in [0, 0.05) is 17.1 Å². The van der Waals surface area contributed by atoms with Crippen molar-refractivity contribution in [2.24, 2.45) is 0 Å². The zero-order chi connectivity index (χ0) is 13.1. The number of nitrogens with one attached hydrogen (secondary N) is 1. The van der Waals surface area contributed by atoms with Crippen molar-refractivity contribution in [1.29, 1.82) is 0 Å². The van der Waals surface area contributed by atoms with Crippen molar-refractivity contribution in [3.8, 4) is 11.3 Å². The Bertz CT molecular complexity index is 580. The van der Waals surface area contributed by atoms with Crippen LogP contribution >= 0.6 is 15.9 Å². The van der Waals surface area contributed by atoms with Gasteiger partial charge >= 0.3 is 5.97 Å². The first-order valence-electron chi connectivity index (χ1n) is 5.18. The van der Waals surface area contributed by atoms with Crippen LogP contribution in [0.25, 0.3) is 11.3 Å². The van der Waals surface area contributed by atoms with Crippen LogP contribution in [-0.4, -0.2) is 28.4 Å². The Morgan fingerprint density at radius 2 is 2.28 bits per heavy atom. The van der Waals surface area contributed by atoms with Crippen molar-refractivity contribution in [3.63, 3.8) is 0 Å². The molecule has 5 nitrogen and oxygen atoms in total. The number of carboxylic acids is 1. The molecule has 0 atom stereocenters. The summed E-state index contributed by atoms with van der Waals surface area (Å²) >= 11 is 3.45. The number of ether oxygens (including phenoxy) is 1. The van der Waals surface area contributed by atoms with E-state index >= 15 is 0 Å². The third-order valence-electron chi connectivity index (χ3n) is 2.46. The number of benzene rings is 1. The van der Waals surface area contributed by atoms with Crippen molar-refractivity contribution < 1.29 is 14.6 Å². The van der Waals surface area contributed by atoms with E-state index < -0.39 is 5.97 Å². The van der Waals surface area contributed by atoms with Crippen molar-refractivity contribution >= 4 is 21.9 Å². The average molecular weight is 311 g/mol. The van der Waals surface area contributed by atoms with Crippen LogP contribution in [0.4, 0.5) is 0 Å². The highest BCUT2D eigenvalue weighted by atomic mass is 79.9. The minimum Gasteiger partial charge on any atom is -0.477 e. The van der Waals surface area contributed by atoms with Crippen molar-refractivity contribution in [2.75, 3.05) is 7.11 Å². The standard InChI is InChI=1S/C12H11BrN2O3/c1-18-6-8-3-2-7(4-9(8)13)10-5-11(12(16)17)15-14-10/h2-5H,6H2,1H3,(H,14,15)(H,16,17). The first kappa shape index (κ1) is 12.8. The monoisotopic (exact) mass is 310 g/mol. The van der Waals surface area contributed by atoms with Gasteiger partial charge in [-0.15, -0.1) is 0 Å². The lowest BCUT2D eigenvalue weighted by molar-refractivity contribution is 0.0690. The van der Waals surface area contributed by atoms with Crippen LogP contribution in [-0.2, 0) is 11.3 Å². The summed E-state index contributed by atoms with van der Waals surface area (Å²) in [5.41, 5.74) is 2.53. The number of methoxy groups -OCH3 is 1. The molecule has 1 aromatic carbocycles. The minimum absolute atomic E-state index is 0.0714. The molecule has 2 N–H and O–H groups in total. The van der Waals surface area contributed by atoms with E-state index in [0.717, 1.165) is 15.6 Å². The fourth-order valence-corrected chi connectivity index (χ4v) is 2.05. The largest absolute Gasteiger partial charge is 0.477 e. The molecule has 0 aliphatic carbocycles. The van der Waals surface area contributed by atoms with Crippen LogP contribution in [0.2, 0.25) is 0 Å². The minimum atomic E-state index is -1.02. The molecule has 1 heterocycles. The molecule has 0 fully saturated rings. The van der Waals surface area contributed by atoms with Gasteiger partial charge in [0.25, 0.3) is 0 Å². The van der Waals surface area contributed by atoms with E-state index in [2.05, 4.69) is 26.1 Å². The maximum absolute atomic E-state index is 10.8. The Kier molecular flexibility index (Phi) is 3.78. The summed E-state index contributed by atoms with van der Waals surface area (Å²) in [7, 11) is 1.63. The van der Waals surface area contributed by atoms with E-state index in [0.29, 0.717) is 12.3 Å². The van der Waals surface area contributed by atoms with Gasteiger partial charge in [-0.25, -0.2) is 4.79 Å². The smallest absolute Gasteiger partial charge is 0.353 e. The number of carboxylic acid groups (broad SMARTS) is 1. The van der Waals surface area contributed by atoms with E-state index in [1.165, 1.54) is 6.07 Å². The first-order chi connectivity index (χ1) is 8.61. The Morgan fingerprint density at radius 1 is 1.50 bits per heavy atom. The van der Waals surface area contributed by atoms with Gasteiger partial charge < -0.3 is 9.84 Å². The van der Waals surface area contributed by atoms with Gasteiger partial charge in [-0.05, 0) is 17.7 Å². The molecule has 0 aliphatic heterocycles. The molecule has 0 spiro atoms. The summed E-state index contributed by atoms with van der Waals surface area (Å²) in [6.07, 6.45) is 0. The number of rotatable bonds is 4. The zero-order valence-corrected chi connectivity index (χ0v) is 11.2. The number of carbonyl (C=O) groups is 1. The second-order valence-electron chi connectivity index (χ2n) is 3.71. The summed E-state index contributed by atoms with van der Waals surface area (Å²) in [6, 6.07) is 7.18. The molecule has 0 saturated heterocycles. The Hall–Kier alpha value is -1.66. The quantitative estimate of drug-likeness (QED) is 0.910. The molecule has 0 aliphatic rings. The third-order valence-corrected chi connectivity index (χ3v) is 3.20. The second kappa shape index (κ2) is 5.32. The number of halogens is 1. The topological polar surface area (TPSA) is 75.2 Å². The number of hydrogen-bond donors (Lipinski definition) is 2. The highest BCUT2D eigenvalue weighted by molar-refractivity contribution is 9.10. The SMILES string of the molecule is COCc1ccc(-c2cc(C(=O)O)[nH]n2)cc1Br. The van der Waals surface area contributed by atoms with E-state index in [9.17, 15) is 4.79 Å². The first-order valence-corrected chi connectivity index (χ1v) is 5.97. The van der Waals surface area contributed by atoms with Crippen molar-refractivity contribution in [1.82, 2.24) is 10.2 Å². The van der Waals surface area contributed by atoms with Gasteiger partial charge in [0.1, 0.15) is 5.69 Å². The summed E-state index contributed by atoms with van der Waals surface area (Å²) in [4.78, 5) is 10.8. The lowest BCUT2D eigenvalue weighted by Gasteiger charge is -2.04. The molecular formula is C12H11BrN2O3. The third kappa shape index (κ3) is 2.60. The maximum Gasteiger partial charge on any atom is 0.353 e. The number of aromatic carboxylic acids is 1. The Morgan fingerprint density at radius 3 is 2.83 bits per heavy atom.